The summed E-state index contributed by atoms with van der Waals surface area (Å²) < 4.78 is 10.3. The summed E-state index contributed by atoms with van der Waals surface area (Å²) >= 11 is 0. The minimum Gasteiger partial charge on any atom is -0.497 e. The highest BCUT2D eigenvalue weighted by molar-refractivity contribution is 5.69. The normalized spacial score (nSPS) is 9.47. The van der Waals surface area contributed by atoms with Gasteiger partial charge in [0.2, 0.25) is 0 Å². The fourth-order valence-corrected chi connectivity index (χ4v) is 1.20. The zero-order valence-electron chi connectivity index (χ0n) is 8.91. The van der Waals surface area contributed by atoms with E-state index in [-0.39, 0.29) is 5.96 Å². The Morgan fingerprint density at radius 3 is 2.53 bits per heavy atom. The molecule has 0 bridgehead atoms. The molecule has 5 heteroatoms. The molecule has 0 aliphatic rings. The zero-order valence-corrected chi connectivity index (χ0v) is 8.91. The Labute approximate surface area is 88.7 Å². The van der Waals surface area contributed by atoms with Crippen molar-refractivity contribution < 1.29 is 14.5 Å². The van der Waals surface area contributed by atoms with Crippen LogP contribution in [0.5, 0.6) is 11.5 Å². The lowest BCUT2D eigenvalue weighted by atomic mass is 10.2. The van der Waals surface area contributed by atoms with Crippen LogP contribution in [0.15, 0.2) is 18.2 Å². The Balaban J connectivity index is 2.92. The molecule has 0 unspecified atom stereocenters. The van der Waals surface area contributed by atoms with Crippen LogP contribution < -0.4 is 25.9 Å². The summed E-state index contributed by atoms with van der Waals surface area (Å²) in [7, 11) is 3.21. The molecule has 0 spiro atoms. The van der Waals surface area contributed by atoms with Crippen LogP contribution in [0.3, 0.4) is 0 Å². The maximum atomic E-state index is 5.31. The largest absolute Gasteiger partial charge is 0.497 e. The van der Waals surface area contributed by atoms with Crippen molar-refractivity contribution in [2.45, 2.75) is 6.54 Å². The fourth-order valence-electron chi connectivity index (χ4n) is 1.20. The lowest BCUT2D eigenvalue weighted by Crippen LogP contribution is -2.76. The summed E-state index contributed by atoms with van der Waals surface area (Å²) in [5, 5.41) is 0. The van der Waals surface area contributed by atoms with Crippen molar-refractivity contribution in [1.82, 2.24) is 0 Å². The average molecular weight is 210 g/mol. The van der Waals surface area contributed by atoms with E-state index in [1.165, 1.54) is 0 Å². The fraction of sp³-hybridized carbons (Fsp3) is 0.300. The van der Waals surface area contributed by atoms with Gasteiger partial charge in [-0.05, 0) is 12.1 Å². The highest BCUT2D eigenvalue weighted by Gasteiger charge is 2.04. The third-order valence-corrected chi connectivity index (χ3v) is 1.98. The number of nitrogens with one attached hydrogen (secondary N) is 1. The number of hydrogen-bond donors (Lipinski definition) is 3. The van der Waals surface area contributed by atoms with Crippen molar-refractivity contribution in [2.75, 3.05) is 14.2 Å². The Bertz CT molecular complexity index is 360. The lowest BCUT2D eigenvalue weighted by Gasteiger charge is -2.07. The van der Waals surface area contributed by atoms with Gasteiger partial charge >= 0.3 is 5.96 Å². The molecule has 0 radical (unpaired) electrons. The number of rotatable bonds is 4. The molecule has 0 fully saturated rings. The van der Waals surface area contributed by atoms with Crippen LogP contribution in [0.1, 0.15) is 5.56 Å². The number of methoxy groups -OCH3 is 2. The first-order chi connectivity index (χ1) is 7.17. The minimum absolute atomic E-state index is 0.188. The molecule has 0 aliphatic heterocycles. The van der Waals surface area contributed by atoms with Crippen molar-refractivity contribution in [2.24, 2.45) is 11.5 Å². The van der Waals surface area contributed by atoms with Gasteiger partial charge in [-0.3, -0.25) is 16.5 Å². The molecule has 15 heavy (non-hydrogen) atoms. The van der Waals surface area contributed by atoms with E-state index in [0.717, 1.165) is 17.1 Å². The number of hydrogen-bond acceptors (Lipinski definition) is 2. The maximum absolute atomic E-state index is 5.31. The first-order valence-electron chi connectivity index (χ1n) is 4.50. The number of guanidine groups is 1. The average Bonchev–Trinajstić information content (AvgIpc) is 2.25. The van der Waals surface area contributed by atoms with E-state index in [1.807, 2.05) is 18.2 Å². The van der Waals surface area contributed by atoms with Gasteiger partial charge in [-0.25, -0.2) is 0 Å². The minimum atomic E-state index is 0.188. The number of ether oxygens (including phenoxy) is 2. The predicted molar refractivity (Wildman–Crippen MR) is 57.6 cm³/mol. The second-order valence-corrected chi connectivity index (χ2v) is 2.99. The van der Waals surface area contributed by atoms with Crippen LogP contribution in [0.4, 0.5) is 0 Å². The Hall–Kier alpha value is -1.91. The van der Waals surface area contributed by atoms with Crippen LogP contribution in [0, 0.1) is 0 Å². The molecule has 82 valence electrons. The molecule has 0 heterocycles. The second kappa shape index (κ2) is 5.09. The van der Waals surface area contributed by atoms with Gasteiger partial charge in [-0.2, -0.15) is 0 Å². The van der Waals surface area contributed by atoms with E-state index < -0.39 is 0 Å². The van der Waals surface area contributed by atoms with Crippen molar-refractivity contribution in [3.63, 3.8) is 0 Å². The van der Waals surface area contributed by atoms with E-state index in [4.69, 9.17) is 20.9 Å². The zero-order chi connectivity index (χ0) is 11.3. The molecule has 0 saturated heterocycles. The van der Waals surface area contributed by atoms with Gasteiger partial charge in [0.1, 0.15) is 11.5 Å². The van der Waals surface area contributed by atoms with Crippen molar-refractivity contribution in [1.29, 1.82) is 0 Å². The van der Waals surface area contributed by atoms with E-state index in [2.05, 4.69) is 4.99 Å². The van der Waals surface area contributed by atoms with E-state index >= 15 is 0 Å². The molecule has 0 aliphatic carbocycles. The summed E-state index contributed by atoms with van der Waals surface area (Å²) in [5.74, 6) is 1.68. The summed E-state index contributed by atoms with van der Waals surface area (Å²) in [6.07, 6.45) is 0. The van der Waals surface area contributed by atoms with Crippen molar-refractivity contribution >= 4 is 5.96 Å². The first-order valence-corrected chi connectivity index (χ1v) is 4.50. The van der Waals surface area contributed by atoms with Crippen LogP contribution in [-0.4, -0.2) is 20.2 Å². The Kier molecular flexibility index (Phi) is 3.79. The van der Waals surface area contributed by atoms with Crippen molar-refractivity contribution in [3.8, 4) is 11.5 Å². The van der Waals surface area contributed by atoms with E-state index in [9.17, 15) is 0 Å². The topological polar surface area (TPSA) is 84.5 Å². The third-order valence-electron chi connectivity index (χ3n) is 1.98. The van der Waals surface area contributed by atoms with Gasteiger partial charge in [0.05, 0.1) is 20.8 Å². The molecule has 5 N–H and O–H groups in total. The Morgan fingerprint density at radius 2 is 2.00 bits per heavy atom. The van der Waals surface area contributed by atoms with Crippen LogP contribution in [0.25, 0.3) is 0 Å². The summed E-state index contributed by atoms with van der Waals surface area (Å²) in [4.78, 5) is 2.83. The van der Waals surface area contributed by atoms with Crippen molar-refractivity contribution in [3.05, 3.63) is 23.8 Å². The molecule has 1 aromatic carbocycles. The molecule has 1 rings (SSSR count). The predicted octanol–water partition coefficient (Wildman–Crippen LogP) is -1.44. The molecule has 0 aromatic heterocycles. The molecular formula is C10H16N3O2+. The summed E-state index contributed by atoms with van der Waals surface area (Å²) in [5.41, 5.74) is 11.6. The standard InChI is InChI=1S/C10H15N3O2/c1-14-8-4-3-7(6-13-10(11)12)9(5-8)15-2/h3-5H,6H2,1-2H3,(H4,11,12,13)/p+1. The third kappa shape index (κ3) is 3.05. The van der Waals surface area contributed by atoms with Gasteiger partial charge in [0.25, 0.3) is 0 Å². The lowest BCUT2D eigenvalue weighted by molar-refractivity contribution is -0.477. The second-order valence-electron chi connectivity index (χ2n) is 2.99. The monoisotopic (exact) mass is 210 g/mol. The molecule has 5 nitrogen and oxygen atoms in total. The summed E-state index contributed by atoms with van der Waals surface area (Å²) in [6.45, 7) is 0.523. The van der Waals surface area contributed by atoms with Gasteiger partial charge in [-0.15, -0.1) is 0 Å². The summed E-state index contributed by atoms with van der Waals surface area (Å²) in [6, 6.07) is 5.56. The molecule has 1 aromatic rings. The van der Waals surface area contributed by atoms with Gasteiger partial charge in [0.15, 0.2) is 0 Å². The van der Waals surface area contributed by atoms with Gasteiger partial charge in [-0.1, -0.05) is 0 Å². The molecule has 0 atom stereocenters. The maximum Gasteiger partial charge on any atom is 0.339 e. The van der Waals surface area contributed by atoms with Crippen LogP contribution >= 0.6 is 0 Å². The van der Waals surface area contributed by atoms with Crippen LogP contribution in [-0.2, 0) is 6.54 Å². The van der Waals surface area contributed by atoms with E-state index in [0.29, 0.717) is 6.54 Å². The van der Waals surface area contributed by atoms with Crippen LogP contribution in [0.2, 0.25) is 0 Å². The molecule has 0 saturated carbocycles. The SMILES string of the molecule is COc1ccc(C[NH+]=C(N)N)c(OC)c1. The highest BCUT2D eigenvalue weighted by atomic mass is 16.5. The highest BCUT2D eigenvalue weighted by Crippen LogP contribution is 2.23. The first kappa shape index (κ1) is 11.2. The number of nitrogens with two attached hydrogens (primary N) is 2. The quantitative estimate of drug-likeness (QED) is 0.419. The molecule has 0 amide bonds. The number of benzene rings is 1. The van der Waals surface area contributed by atoms with E-state index in [1.54, 1.807) is 14.2 Å². The smallest absolute Gasteiger partial charge is 0.339 e. The van der Waals surface area contributed by atoms with Gasteiger partial charge < -0.3 is 9.47 Å². The Morgan fingerprint density at radius 1 is 1.27 bits per heavy atom. The van der Waals surface area contributed by atoms with Gasteiger partial charge in [0, 0.05) is 11.6 Å². The molecular weight excluding hydrogens is 194 g/mol.